The van der Waals surface area contributed by atoms with Gasteiger partial charge in [0.2, 0.25) is 5.91 Å². The first kappa shape index (κ1) is 28.6. The van der Waals surface area contributed by atoms with Crippen molar-refractivity contribution in [3.63, 3.8) is 0 Å². The van der Waals surface area contributed by atoms with Crippen molar-refractivity contribution in [3.05, 3.63) is 65.0 Å². The standard InChI is InChI=1S/C30H41F3N4O/c1-5-21-6-11-25(35-19-21)28(23-7-9-24(10-8-23)30(31,32)33)36-16-17-37(26(20-36)29(2,3)4)27(38)18-22-12-14-34-15-13-22/h6-11,19,22,26,28,34H,5,12-18,20H2,1-4H3. The number of halogens is 3. The monoisotopic (exact) mass is 530 g/mol. The first-order valence-electron chi connectivity index (χ1n) is 13.8. The number of benzene rings is 1. The summed E-state index contributed by atoms with van der Waals surface area (Å²) in [4.78, 5) is 22.6. The van der Waals surface area contributed by atoms with E-state index in [9.17, 15) is 18.0 Å². The molecule has 5 nitrogen and oxygen atoms in total. The molecule has 208 valence electrons. The Labute approximate surface area is 224 Å². The highest BCUT2D eigenvalue weighted by Crippen LogP contribution is 2.37. The normalized spacial score (nSPS) is 20.9. The van der Waals surface area contributed by atoms with Crippen LogP contribution in [-0.4, -0.2) is 59.5 Å². The van der Waals surface area contributed by atoms with E-state index in [1.807, 2.05) is 18.3 Å². The Kier molecular flexibility index (Phi) is 8.82. The zero-order valence-corrected chi connectivity index (χ0v) is 23.0. The van der Waals surface area contributed by atoms with Crippen LogP contribution < -0.4 is 5.32 Å². The summed E-state index contributed by atoms with van der Waals surface area (Å²) < 4.78 is 39.9. The van der Waals surface area contributed by atoms with E-state index in [2.05, 4.69) is 42.8 Å². The molecular formula is C30H41F3N4O. The minimum atomic E-state index is -4.38. The molecule has 2 atom stereocenters. The fraction of sp³-hybridized carbons (Fsp3) is 0.600. The molecule has 1 aromatic heterocycles. The van der Waals surface area contributed by atoms with Gasteiger partial charge in [0.05, 0.1) is 17.3 Å². The lowest BCUT2D eigenvalue weighted by atomic mass is 9.82. The number of pyridine rings is 1. The molecule has 2 aliphatic heterocycles. The van der Waals surface area contributed by atoms with E-state index in [0.717, 1.165) is 61.3 Å². The van der Waals surface area contributed by atoms with E-state index in [0.29, 0.717) is 32.0 Å². The van der Waals surface area contributed by atoms with Gasteiger partial charge in [0, 0.05) is 38.3 Å². The smallest absolute Gasteiger partial charge is 0.337 e. The predicted molar refractivity (Wildman–Crippen MR) is 144 cm³/mol. The Bertz CT molecular complexity index is 1060. The molecule has 2 unspecified atom stereocenters. The number of nitrogens with one attached hydrogen (secondary N) is 1. The van der Waals surface area contributed by atoms with Crippen LogP contribution in [-0.2, 0) is 17.4 Å². The van der Waals surface area contributed by atoms with Gasteiger partial charge in [-0.05, 0) is 73.0 Å². The van der Waals surface area contributed by atoms with Gasteiger partial charge in [0.15, 0.2) is 0 Å². The van der Waals surface area contributed by atoms with Gasteiger partial charge in [-0.25, -0.2) is 0 Å². The summed E-state index contributed by atoms with van der Waals surface area (Å²) in [6.07, 6.45) is 0.973. The summed E-state index contributed by atoms with van der Waals surface area (Å²) in [6.45, 7) is 12.3. The molecule has 0 aliphatic carbocycles. The molecule has 0 bridgehead atoms. The quantitative estimate of drug-likeness (QED) is 0.521. The Balaban J connectivity index is 1.62. The third kappa shape index (κ3) is 6.75. The van der Waals surface area contributed by atoms with Gasteiger partial charge in [0.1, 0.15) is 0 Å². The second-order valence-corrected chi connectivity index (χ2v) is 11.8. The van der Waals surface area contributed by atoms with E-state index in [1.165, 1.54) is 0 Å². The number of rotatable bonds is 6. The first-order chi connectivity index (χ1) is 18.0. The van der Waals surface area contributed by atoms with E-state index in [1.54, 1.807) is 12.1 Å². The lowest BCUT2D eigenvalue weighted by molar-refractivity contribution is -0.141. The molecule has 0 spiro atoms. The zero-order chi connectivity index (χ0) is 27.5. The molecule has 1 N–H and O–H groups in total. The average Bonchev–Trinajstić information content (AvgIpc) is 2.89. The number of piperazine rings is 1. The molecule has 0 radical (unpaired) electrons. The Hall–Kier alpha value is -2.45. The number of aromatic nitrogens is 1. The number of carbonyl (C=O) groups excluding carboxylic acids is 1. The number of alkyl halides is 3. The maximum absolute atomic E-state index is 13.5. The minimum absolute atomic E-state index is 0.0164. The summed E-state index contributed by atoms with van der Waals surface area (Å²) >= 11 is 0. The van der Waals surface area contributed by atoms with E-state index in [-0.39, 0.29) is 23.4 Å². The number of hydrogen-bond acceptors (Lipinski definition) is 4. The summed E-state index contributed by atoms with van der Waals surface area (Å²) in [6, 6.07) is 9.17. The highest BCUT2D eigenvalue weighted by molar-refractivity contribution is 5.77. The largest absolute Gasteiger partial charge is 0.416 e. The third-order valence-corrected chi connectivity index (χ3v) is 8.11. The van der Waals surface area contributed by atoms with Crippen molar-refractivity contribution in [2.24, 2.45) is 11.3 Å². The van der Waals surface area contributed by atoms with Gasteiger partial charge in [-0.2, -0.15) is 13.2 Å². The molecule has 4 rings (SSSR count). The molecule has 38 heavy (non-hydrogen) atoms. The number of amides is 1. The molecule has 3 heterocycles. The van der Waals surface area contributed by atoms with E-state index in [4.69, 9.17) is 4.98 Å². The van der Waals surface area contributed by atoms with Crippen molar-refractivity contribution in [2.45, 2.75) is 71.6 Å². The SMILES string of the molecule is CCc1ccc(C(c2ccc(C(F)(F)F)cc2)N2CCN(C(=O)CC3CCNCC3)C(C(C)(C)C)C2)nc1. The van der Waals surface area contributed by atoms with Crippen molar-refractivity contribution in [2.75, 3.05) is 32.7 Å². The van der Waals surface area contributed by atoms with E-state index < -0.39 is 11.7 Å². The summed E-state index contributed by atoms with van der Waals surface area (Å²) in [5.41, 5.74) is 1.88. The fourth-order valence-corrected chi connectivity index (χ4v) is 5.76. The number of aryl methyl sites for hydroxylation is 1. The summed E-state index contributed by atoms with van der Waals surface area (Å²) in [7, 11) is 0. The second-order valence-electron chi connectivity index (χ2n) is 11.8. The van der Waals surface area contributed by atoms with Crippen LogP contribution in [0.5, 0.6) is 0 Å². The molecule has 1 amide bonds. The van der Waals surface area contributed by atoms with Gasteiger partial charge < -0.3 is 10.2 Å². The summed E-state index contributed by atoms with van der Waals surface area (Å²) in [5, 5.41) is 3.37. The third-order valence-electron chi connectivity index (χ3n) is 8.11. The van der Waals surface area contributed by atoms with E-state index >= 15 is 0 Å². The topological polar surface area (TPSA) is 48.5 Å². The van der Waals surface area contributed by atoms with Crippen molar-refractivity contribution >= 4 is 5.91 Å². The molecule has 2 aromatic rings. The van der Waals surface area contributed by atoms with Crippen LogP contribution in [0.2, 0.25) is 0 Å². The van der Waals surface area contributed by atoms with Crippen LogP contribution in [0.1, 0.15) is 75.4 Å². The molecule has 2 fully saturated rings. The van der Waals surface area contributed by atoms with Gasteiger partial charge in [-0.1, -0.05) is 45.9 Å². The number of hydrogen-bond donors (Lipinski definition) is 1. The van der Waals surface area contributed by atoms with Gasteiger partial charge >= 0.3 is 6.18 Å². The van der Waals surface area contributed by atoms with Gasteiger partial charge in [0.25, 0.3) is 0 Å². The lowest BCUT2D eigenvalue weighted by Gasteiger charge is -2.49. The van der Waals surface area contributed by atoms with Crippen molar-refractivity contribution in [3.8, 4) is 0 Å². The molecule has 0 saturated carbocycles. The van der Waals surface area contributed by atoms with Crippen LogP contribution in [0.15, 0.2) is 42.6 Å². The Morgan fingerprint density at radius 1 is 1.05 bits per heavy atom. The first-order valence-corrected chi connectivity index (χ1v) is 13.8. The number of nitrogens with zero attached hydrogens (tertiary/aromatic N) is 3. The molecule has 8 heteroatoms. The Morgan fingerprint density at radius 3 is 2.29 bits per heavy atom. The second kappa shape index (κ2) is 11.7. The van der Waals surface area contributed by atoms with Gasteiger partial charge in [-0.15, -0.1) is 0 Å². The Morgan fingerprint density at radius 2 is 1.74 bits per heavy atom. The molecule has 1 aromatic carbocycles. The van der Waals surface area contributed by atoms with Crippen molar-refractivity contribution in [1.82, 2.24) is 20.1 Å². The molecular weight excluding hydrogens is 489 g/mol. The highest BCUT2D eigenvalue weighted by Gasteiger charge is 2.41. The zero-order valence-electron chi connectivity index (χ0n) is 23.0. The lowest BCUT2D eigenvalue weighted by Crippen LogP contribution is -2.60. The van der Waals surface area contributed by atoms with Crippen LogP contribution in [0.4, 0.5) is 13.2 Å². The number of piperidine rings is 1. The molecule has 2 saturated heterocycles. The maximum Gasteiger partial charge on any atom is 0.416 e. The number of carbonyl (C=O) groups is 1. The van der Waals surface area contributed by atoms with Crippen LogP contribution in [0.25, 0.3) is 0 Å². The van der Waals surface area contributed by atoms with Crippen molar-refractivity contribution < 1.29 is 18.0 Å². The van der Waals surface area contributed by atoms with Crippen LogP contribution in [0, 0.1) is 11.3 Å². The van der Waals surface area contributed by atoms with Crippen LogP contribution in [0.3, 0.4) is 0 Å². The fourth-order valence-electron chi connectivity index (χ4n) is 5.76. The highest BCUT2D eigenvalue weighted by atomic mass is 19.4. The average molecular weight is 531 g/mol. The minimum Gasteiger partial charge on any atom is -0.337 e. The van der Waals surface area contributed by atoms with Gasteiger partial charge in [-0.3, -0.25) is 14.7 Å². The summed E-state index contributed by atoms with van der Waals surface area (Å²) in [5.74, 6) is 0.636. The van der Waals surface area contributed by atoms with Crippen molar-refractivity contribution in [1.29, 1.82) is 0 Å². The molecule has 2 aliphatic rings. The van der Waals surface area contributed by atoms with Crippen LogP contribution >= 0.6 is 0 Å². The predicted octanol–water partition coefficient (Wildman–Crippen LogP) is 5.70. The maximum atomic E-state index is 13.5.